The predicted molar refractivity (Wildman–Crippen MR) is 99.0 cm³/mol. The number of fused-ring (bicyclic) bond motifs is 1. The van der Waals surface area contributed by atoms with Gasteiger partial charge >= 0.3 is 0 Å². The first-order valence-electron chi connectivity index (χ1n) is 7.69. The van der Waals surface area contributed by atoms with Gasteiger partial charge in [0.1, 0.15) is 6.04 Å². The first-order chi connectivity index (χ1) is 11.6. The van der Waals surface area contributed by atoms with Crippen LogP contribution in [0.15, 0.2) is 53.3 Å². The number of nitrogens with zero attached hydrogens (tertiary/aromatic N) is 1. The van der Waals surface area contributed by atoms with Crippen LogP contribution >= 0.6 is 23.1 Å². The van der Waals surface area contributed by atoms with Gasteiger partial charge < -0.3 is 5.32 Å². The van der Waals surface area contributed by atoms with Gasteiger partial charge in [0.25, 0.3) is 5.56 Å². The molecule has 0 saturated heterocycles. The van der Waals surface area contributed by atoms with Crippen molar-refractivity contribution in [1.82, 2.24) is 9.27 Å². The molecule has 1 amide bonds. The van der Waals surface area contributed by atoms with Crippen molar-refractivity contribution in [3.8, 4) is 0 Å². The van der Waals surface area contributed by atoms with E-state index in [2.05, 4.69) is 5.32 Å². The molecule has 3 aromatic rings. The van der Waals surface area contributed by atoms with Crippen LogP contribution in [0.3, 0.4) is 0 Å². The first kappa shape index (κ1) is 16.7. The number of carbonyl (C=O) groups excluding carboxylic acids is 1. The number of rotatable bonds is 5. The Morgan fingerprint density at radius 2 is 1.92 bits per heavy atom. The normalized spacial score (nSPS) is 12.2. The molecule has 1 N–H and O–H groups in total. The Hall–Kier alpha value is -2.11. The number of hydrogen-bond donors (Lipinski definition) is 1. The fourth-order valence-corrected chi connectivity index (χ4v) is 3.65. The molecule has 0 aliphatic heterocycles. The number of amides is 1. The van der Waals surface area contributed by atoms with Gasteiger partial charge in [0.2, 0.25) is 5.91 Å². The fourth-order valence-electron chi connectivity index (χ4n) is 2.48. The SMILES string of the molecule is CC(C(=O)NCCc1ccc(Cl)cc1)n1sc2ccccc2c1=O. The second-order valence-electron chi connectivity index (χ2n) is 5.56. The number of halogens is 1. The maximum Gasteiger partial charge on any atom is 0.269 e. The van der Waals surface area contributed by atoms with Crippen LogP contribution in [0.4, 0.5) is 0 Å². The molecule has 0 radical (unpaired) electrons. The highest BCUT2D eigenvalue weighted by molar-refractivity contribution is 7.14. The summed E-state index contributed by atoms with van der Waals surface area (Å²) in [5.41, 5.74) is 0.988. The Balaban J connectivity index is 1.64. The number of nitrogens with one attached hydrogen (secondary N) is 1. The third-order valence-corrected chi connectivity index (χ3v) is 5.36. The Morgan fingerprint density at radius 1 is 1.21 bits per heavy atom. The summed E-state index contributed by atoms with van der Waals surface area (Å²) in [6.45, 7) is 2.26. The van der Waals surface area contributed by atoms with E-state index < -0.39 is 6.04 Å². The van der Waals surface area contributed by atoms with Gasteiger partial charge in [0.15, 0.2) is 0 Å². The van der Waals surface area contributed by atoms with E-state index >= 15 is 0 Å². The first-order valence-corrected chi connectivity index (χ1v) is 8.84. The van der Waals surface area contributed by atoms with Crippen molar-refractivity contribution in [2.45, 2.75) is 19.4 Å². The molecule has 24 heavy (non-hydrogen) atoms. The number of hydrogen-bond acceptors (Lipinski definition) is 3. The van der Waals surface area contributed by atoms with Gasteiger partial charge in [-0.15, -0.1) is 0 Å². The second-order valence-corrected chi connectivity index (χ2v) is 7.01. The van der Waals surface area contributed by atoms with Crippen LogP contribution in [0.2, 0.25) is 5.02 Å². The molecule has 0 aliphatic rings. The smallest absolute Gasteiger partial charge is 0.269 e. The van der Waals surface area contributed by atoms with Crippen molar-refractivity contribution in [2.24, 2.45) is 0 Å². The Kier molecular flexibility index (Phi) is 5.02. The van der Waals surface area contributed by atoms with Gasteiger partial charge in [-0.25, -0.2) is 0 Å². The zero-order valence-corrected chi connectivity index (χ0v) is 14.7. The second kappa shape index (κ2) is 7.20. The Morgan fingerprint density at radius 3 is 2.62 bits per heavy atom. The molecule has 0 fully saturated rings. The minimum Gasteiger partial charge on any atom is -0.354 e. The average Bonchev–Trinajstić information content (AvgIpc) is 2.93. The van der Waals surface area contributed by atoms with Crippen molar-refractivity contribution < 1.29 is 4.79 Å². The summed E-state index contributed by atoms with van der Waals surface area (Å²) in [5.74, 6) is -0.155. The molecule has 0 spiro atoms. The van der Waals surface area contributed by atoms with Gasteiger partial charge in [0, 0.05) is 11.6 Å². The van der Waals surface area contributed by atoms with E-state index in [9.17, 15) is 9.59 Å². The van der Waals surface area contributed by atoms with Crippen molar-refractivity contribution >= 4 is 39.1 Å². The van der Waals surface area contributed by atoms with Crippen LogP contribution in [0.1, 0.15) is 18.5 Å². The van der Waals surface area contributed by atoms with Crippen molar-refractivity contribution in [3.05, 3.63) is 69.5 Å². The van der Waals surface area contributed by atoms with E-state index in [4.69, 9.17) is 11.6 Å². The lowest BCUT2D eigenvalue weighted by Crippen LogP contribution is -2.34. The molecule has 0 saturated carbocycles. The van der Waals surface area contributed by atoms with E-state index in [1.165, 1.54) is 15.5 Å². The lowest BCUT2D eigenvalue weighted by molar-refractivity contribution is -0.123. The van der Waals surface area contributed by atoms with Gasteiger partial charge in [-0.2, -0.15) is 0 Å². The van der Waals surface area contributed by atoms with Crippen molar-refractivity contribution in [2.75, 3.05) is 6.54 Å². The summed E-state index contributed by atoms with van der Waals surface area (Å²) in [6.07, 6.45) is 0.719. The maximum atomic E-state index is 12.4. The Bertz CT molecular complexity index is 915. The molecule has 1 atom stereocenters. The van der Waals surface area contributed by atoms with Gasteiger partial charge in [-0.05, 0) is 43.2 Å². The summed E-state index contributed by atoms with van der Waals surface area (Å²) in [7, 11) is 0. The van der Waals surface area contributed by atoms with Crippen LogP contribution in [-0.4, -0.2) is 16.4 Å². The predicted octanol–water partition coefficient (Wildman–Crippen LogP) is 3.64. The van der Waals surface area contributed by atoms with E-state index in [0.717, 1.165) is 16.7 Å². The highest BCUT2D eigenvalue weighted by Crippen LogP contribution is 2.19. The van der Waals surface area contributed by atoms with Crippen LogP contribution in [-0.2, 0) is 11.2 Å². The van der Waals surface area contributed by atoms with E-state index in [1.54, 1.807) is 13.0 Å². The fraction of sp³-hybridized carbons (Fsp3) is 0.222. The number of carbonyl (C=O) groups is 1. The number of aromatic nitrogens is 1. The van der Waals surface area contributed by atoms with E-state index in [1.807, 2.05) is 42.5 Å². The zero-order chi connectivity index (χ0) is 17.1. The summed E-state index contributed by atoms with van der Waals surface area (Å²) >= 11 is 7.17. The van der Waals surface area contributed by atoms with Gasteiger partial charge in [-0.3, -0.25) is 13.5 Å². The molecule has 124 valence electrons. The summed E-state index contributed by atoms with van der Waals surface area (Å²) in [5, 5.41) is 4.24. The molecule has 4 nitrogen and oxygen atoms in total. The third kappa shape index (κ3) is 3.52. The molecular weight excluding hydrogens is 344 g/mol. The van der Waals surface area contributed by atoms with Crippen molar-refractivity contribution in [1.29, 1.82) is 0 Å². The summed E-state index contributed by atoms with van der Waals surface area (Å²) in [4.78, 5) is 24.7. The summed E-state index contributed by atoms with van der Waals surface area (Å²) < 4.78 is 2.42. The van der Waals surface area contributed by atoms with E-state index in [-0.39, 0.29) is 11.5 Å². The molecule has 1 unspecified atom stereocenters. The molecular formula is C18H17ClN2O2S. The van der Waals surface area contributed by atoms with Crippen LogP contribution < -0.4 is 10.9 Å². The molecule has 6 heteroatoms. The average molecular weight is 361 g/mol. The lowest BCUT2D eigenvalue weighted by atomic mass is 10.1. The molecule has 3 rings (SSSR count). The van der Waals surface area contributed by atoms with Crippen LogP contribution in [0.5, 0.6) is 0 Å². The standard InChI is InChI=1S/C18H17ClN2O2S/c1-12(21-18(23)15-4-2-3-5-16(15)24-21)17(22)20-11-10-13-6-8-14(19)9-7-13/h2-9,12H,10-11H2,1H3,(H,20,22). The van der Waals surface area contributed by atoms with Crippen LogP contribution in [0, 0.1) is 0 Å². The number of benzene rings is 2. The molecule has 1 heterocycles. The van der Waals surface area contributed by atoms with Gasteiger partial charge in [-0.1, -0.05) is 47.4 Å². The highest BCUT2D eigenvalue weighted by atomic mass is 35.5. The van der Waals surface area contributed by atoms with Crippen molar-refractivity contribution in [3.63, 3.8) is 0 Å². The van der Waals surface area contributed by atoms with Crippen LogP contribution in [0.25, 0.3) is 10.1 Å². The molecule has 2 aromatic carbocycles. The topological polar surface area (TPSA) is 51.1 Å². The largest absolute Gasteiger partial charge is 0.354 e. The van der Waals surface area contributed by atoms with E-state index in [0.29, 0.717) is 17.0 Å². The monoisotopic (exact) mass is 360 g/mol. The molecule has 0 aliphatic carbocycles. The minimum absolute atomic E-state index is 0.115. The third-order valence-electron chi connectivity index (χ3n) is 3.87. The lowest BCUT2D eigenvalue weighted by Gasteiger charge is -2.12. The highest BCUT2D eigenvalue weighted by Gasteiger charge is 2.19. The molecule has 1 aromatic heterocycles. The maximum absolute atomic E-state index is 12.4. The Labute approximate surface area is 148 Å². The minimum atomic E-state index is -0.528. The zero-order valence-electron chi connectivity index (χ0n) is 13.2. The molecule has 0 bridgehead atoms. The summed E-state index contributed by atoms with van der Waals surface area (Å²) in [6, 6.07) is 14.4. The van der Waals surface area contributed by atoms with Gasteiger partial charge in [0.05, 0.1) is 10.1 Å². The quantitative estimate of drug-likeness (QED) is 0.755.